The highest BCUT2D eigenvalue weighted by Crippen LogP contribution is 2.29. The van der Waals surface area contributed by atoms with E-state index in [1.807, 2.05) is 19.2 Å². The molecule has 1 aromatic heterocycles. The molecule has 0 spiro atoms. The summed E-state index contributed by atoms with van der Waals surface area (Å²) in [5.74, 6) is 3.12. The molecule has 0 saturated heterocycles. The summed E-state index contributed by atoms with van der Waals surface area (Å²) in [6, 6.07) is 4.00. The van der Waals surface area contributed by atoms with Crippen molar-refractivity contribution in [2.45, 2.75) is 32.2 Å². The lowest BCUT2D eigenvalue weighted by Gasteiger charge is -2.22. The topological polar surface area (TPSA) is 59.0 Å². The standard InChI is InChI=1S/C19H30N4O2/c1-20-19(23(2)9-10-24-13-15-3-4-15)22-12-17-7-8-21-18(11-17)25-14-16-5-6-16/h7-8,11,15-16H,3-6,9-10,12-14H2,1-2H3,(H,20,22). The Morgan fingerprint density at radius 3 is 2.76 bits per heavy atom. The second kappa shape index (κ2) is 9.04. The van der Waals surface area contributed by atoms with Crippen LogP contribution < -0.4 is 10.1 Å². The molecule has 0 unspecified atom stereocenters. The van der Waals surface area contributed by atoms with Crippen molar-refractivity contribution in [1.29, 1.82) is 0 Å². The number of nitrogens with zero attached hydrogens (tertiary/aromatic N) is 3. The minimum Gasteiger partial charge on any atom is -0.477 e. The predicted octanol–water partition coefficient (Wildman–Crippen LogP) is 2.30. The summed E-state index contributed by atoms with van der Waals surface area (Å²) in [4.78, 5) is 10.7. The van der Waals surface area contributed by atoms with E-state index in [1.165, 1.54) is 25.7 Å². The van der Waals surface area contributed by atoms with Gasteiger partial charge in [0.25, 0.3) is 0 Å². The van der Waals surface area contributed by atoms with Gasteiger partial charge < -0.3 is 19.7 Å². The number of guanidine groups is 1. The molecule has 25 heavy (non-hydrogen) atoms. The van der Waals surface area contributed by atoms with Gasteiger partial charge in [0, 0.05) is 46.1 Å². The first-order valence-corrected chi connectivity index (χ1v) is 9.32. The number of aliphatic imine (C=N–C) groups is 1. The molecule has 0 amide bonds. The molecule has 1 aromatic rings. The van der Waals surface area contributed by atoms with E-state index in [0.29, 0.717) is 12.4 Å². The molecule has 1 heterocycles. The number of nitrogens with one attached hydrogen (secondary N) is 1. The van der Waals surface area contributed by atoms with E-state index in [1.54, 1.807) is 13.2 Å². The van der Waals surface area contributed by atoms with Gasteiger partial charge in [-0.3, -0.25) is 4.99 Å². The quantitative estimate of drug-likeness (QED) is 0.400. The second-order valence-corrected chi connectivity index (χ2v) is 7.10. The SMILES string of the molecule is CN=C(NCc1ccnc(OCC2CC2)c1)N(C)CCOCC1CC1. The molecule has 0 aliphatic heterocycles. The van der Waals surface area contributed by atoms with Crippen molar-refractivity contribution in [2.24, 2.45) is 16.8 Å². The zero-order valence-corrected chi connectivity index (χ0v) is 15.4. The van der Waals surface area contributed by atoms with Crippen LogP contribution in [0.25, 0.3) is 0 Å². The van der Waals surface area contributed by atoms with Crippen molar-refractivity contribution in [3.8, 4) is 5.88 Å². The summed E-state index contributed by atoms with van der Waals surface area (Å²) in [6.07, 6.45) is 7.04. The van der Waals surface area contributed by atoms with Crippen LogP contribution >= 0.6 is 0 Å². The molecule has 2 fully saturated rings. The Balaban J connectivity index is 1.39. The second-order valence-electron chi connectivity index (χ2n) is 7.10. The highest BCUT2D eigenvalue weighted by Gasteiger charge is 2.22. The Morgan fingerprint density at radius 2 is 2.04 bits per heavy atom. The van der Waals surface area contributed by atoms with Gasteiger partial charge in [0.2, 0.25) is 5.88 Å². The third-order valence-electron chi connectivity index (χ3n) is 4.61. The van der Waals surface area contributed by atoms with E-state index in [0.717, 1.165) is 49.7 Å². The molecular weight excluding hydrogens is 316 g/mol. The van der Waals surface area contributed by atoms with Crippen molar-refractivity contribution in [2.75, 3.05) is 40.5 Å². The summed E-state index contributed by atoms with van der Waals surface area (Å²) < 4.78 is 11.4. The molecule has 1 N–H and O–H groups in total. The Bertz CT molecular complexity index is 570. The molecule has 3 rings (SSSR count). The molecule has 138 valence electrons. The summed E-state index contributed by atoms with van der Waals surface area (Å²) >= 11 is 0. The van der Waals surface area contributed by atoms with Gasteiger partial charge in [0.15, 0.2) is 5.96 Å². The van der Waals surface area contributed by atoms with Gasteiger partial charge in [0.05, 0.1) is 13.2 Å². The number of aromatic nitrogens is 1. The van der Waals surface area contributed by atoms with Gasteiger partial charge >= 0.3 is 0 Å². The molecule has 2 aliphatic carbocycles. The van der Waals surface area contributed by atoms with Crippen LogP contribution in [0.5, 0.6) is 5.88 Å². The summed E-state index contributed by atoms with van der Waals surface area (Å²) in [5.41, 5.74) is 1.14. The van der Waals surface area contributed by atoms with Crippen LogP contribution in [-0.4, -0.2) is 56.3 Å². The fourth-order valence-corrected chi connectivity index (χ4v) is 2.53. The van der Waals surface area contributed by atoms with Crippen LogP contribution in [0.3, 0.4) is 0 Å². The van der Waals surface area contributed by atoms with Crippen molar-refractivity contribution >= 4 is 5.96 Å². The van der Waals surface area contributed by atoms with E-state index in [9.17, 15) is 0 Å². The molecule has 0 bridgehead atoms. The Labute approximate surface area is 150 Å². The van der Waals surface area contributed by atoms with Crippen molar-refractivity contribution in [1.82, 2.24) is 15.2 Å². The number of likely N-dealkylation sites (N-methyl/N-ethyl adjacent to an activating group) is 1. The predicted molar refractivity (Wildman–Crippen MR) is 98.8 cm³/mol. The van der Waals surface area contributed by atoms with Gasteiger partial charge in [-0.25, -0.2) is 4.98 Å². The lowest BCUT2D eigenvalue weighted by molar-refractivity contribution is 0.115. The normalized spacial score (nSPS) is 17.4. The van der Waals surface area contributed by atoms with Crippen LogP contribution in [0.2, 0.25) is 0 Å². The average molecular weight is 346 g/mol. The smallest absolute Gasteiger partial charge is 0.213 e. The van der Waals surface area contributed by atoms with Crippen LogP contribution in [0.4, 0.5) is 0 Å². The minimum atomic E-state index is 0.697. The summed E-state index contributed by atoms with van der Waals surface area (Å²) in [6.45, 7) is 3.96. The Kier molecular flexibility index (Phi) is 6.50. The van der Waals surface area contributed by atoms with Gasteiger partial charge in [-0.15, -0.1) is 0 Å². The fraction of sp³-hybridized carbons (Fsp3) is 0.684. The zero-order valence-electron chi connectivity index (χ0n) is 15.4. The van der Waals surface area contributed by atoms with Crippen LogP contribution in [-0.2, 0) is 11.3 Å². The van der Waals surface area contributed by atoms with Crippen LogP contribution in [0, 0.1) is 11.8 Å². The first-order valence-electron chi connectivity index (χ1n) is 9.32. The van der Waals surface area contributed by atoms with E-state index >= 15 is 0 Å². The zero-order chi connectivity index (χ0) is 17.5. The highest BCUT2D eigenvalue weighted by molar-refractivity contribution is 5.79. The lowest BCUT2D eigenvalue weighted by Crippen LogP contribution is -2.40. The third kappa shape index (κ3) is 6.53. The number of hydrogen-bond acceptors (Lipinski definition) is 4. The van der Waals surface area contributed by atoms with E-state index < -0.39 is 0 Å². The molecule has 0 aromatic carbocycles. The van der Waals surface area contributed by atoms with Gasteiger partial charge in [-0.1, -0.05) is 0 Å². The summed E-state index contributed by atoms with van der Waals surface area (Å²) in [5, 5.41) is 3.39. The molecule has 6 heteroatoms. The van der Waals surface area contributed by atoms with E-state index in [-0.39, 0.29) is 0 Å². The fourth-order valence-electron chi connectivity index (χ4n) is 2.53. The first kappa shape index (κ1) is 18.0. The number of ether oxygens (including phenoxy) is 2. The molecule has 0 radical (unpaired) electrons. The lowest BCUT2D eigenvalue weighted by atomic mass is 10.2. The molecule has 0 atom stereocenters. The molecule has 2 aliphatic rings. The Morgan fingerprint density at radius 1 is 1.28 bits per heavy atom. The highest BCUT2D eigenvalue weighted by atomic mass is 16.5. The minimum absolute atomic E-state index is 0.697. The maximum absolute atomic E-state index is 5.74. The van der Waals surface area contributed by atoms with E-state index in [2.05, 4.69) is 20.2 Å². The van der Waals surface area contributed by atoms with E-state index in [4.69, 9.17) is 9.47 Å². The monoisotopic (exact) mass is 346 g/mol. The molecule has 6 nitrogen and oxygen atoms in total. The number of hydrogen-bond donors (Lipinski definition) is 1. The van der Waals surface area contributed by atoms with Gasteiger partial charge in [0.1, 0.15) is 0 Å². The van der Waals surface area contributed by atoms with Crippen molar-refractivity contribution in [3.63, 3.8) is 0 Å². The maximum Gasteiger partial charge on any atom is 0.213 e. The van der Waals surface area contributed by atoms with Crippen molar-refractivity contribution < 1.29 is 9.47 Å². The maximum atomic E-state index is 5.74. The first-order chi connectivity index (χ1) is 12.2. The molecule has 2 saturated carbocycles. The number of pyridine rings is 1. The third-order valence-corrected chi connectivity index (χ3v) is 4.61. The molecular formula is C19H30N4O2. The van der Waals surface area contributed by atoms with Crippen LogP contribution in [0.15, 0.2) is 23.3 Å². The van der Waals surface area contributed by atoms with Gasteiger partial charge in [-0.2, -0.15) is 0 Å². The largest absolute Gasteiger partial charge is 0.477 e. The Hall–Kier alpha value is -1.82. The number of rotatable bonds is 10. The van der Waals surface area contributed by atoms with Crippen LogP contribution in [0.1, 0.15) is 31.2 Å². The van der Waals surface area contributed by atoms with Crippen molar-refractivity contribution in [3.05, 3.63) is 23.9 Å². The summed E-state index contributed by atoms with van der Waals surface area (Å²) in [7, 11) is 3.84. The van der Waals surface area contributed by atoms with Gasteiger partial charge in [-0.05, 0) is 49.1 Å². The average Bonchev–Trinajstić information content (AvgIpc) is 3.53.